The van der Waals surface area contributed by atoms with Gasteiger partial charge in [0.05, 0.1) is 11.3 Å². The molecule has 0 bridgehead atoms. The van der Waals surface area contributed by atoms with Gasteiger partial charge in [-0.15, -0.1) is 0 Å². The molecule has 0 saturated carbocycles. The first kappa shape index (κ1) is 11.2. The molecule has 0 spiro atoms. The van der Waals surface area contributed by atoms with E-state index in [0.717, 1.165) is 0 Å². The number of rotatable bonds is 1. The second-order valence-corrected chi connectivity index (χ2v) is 7.05. The van der Waals surface area contributed by atoms with Gasteiger partial charge in [0.25, 0.3) is 0 Å². The summed E-state index contributed by atoms with van der Waals surface area (Å²) in [4.78, 5) is 4.12. The third-order valence-electron chi connectivity index (χ3n) is 2.24. The summed E-state index contributed by atoms with van der Waals surface area (Å²) in [5.74, 6) is -1.17. The Hall–Kier alpha value is -0.290. The zero-order valence-corrected chi connectivity index (χ0v) is 10.8. The Labute approximate surface area is 103 Å². The minimum atomic E-state index is -0.608. The minimum Gasteiger partial charge on any atom is -0.286 e. The summed E-state index contributed by atoms with van der Waals surface area (Å²) in [7, 11) is 0. The molecule has 0 radical (unpaired) electrons. The van der Waals surface area contributed by atoms with E-state index in [9.17, 15) is 8.78 Å². The van der Waals surface area contributed by atoms with Crippen molar-refractivity contribution in [2.75, 3.05) is 6.54 Å². The van der Waals surface area contributed by atoms with Crippen LogP contribution in [0.4, 0.5) is 8.78 Å². The van der Waals surface area contributed by atoms with E-state index in [1.807, 2.05) is 0 Å². The molecule has 15 heavy (non-hydrogen) atoms. The number of hydrogen-bond donors (Lipinski definition) is 0. The molecule has 0 aromatic heterocycles. The molecule has 0 atom stereocenters. The summed E-state index contributed by atoms with van der Waals surface area (Å²) in [6.45, 7) is 0.555. The minimum absolute atomic E-state index is 0.0521. The first-order valence-electron chi connectivity index (χ1n) is 4.39. The predicted octanol–water partition coefficient (Wildman–Crippen LogP) is 3.64. The van der Waals surface area contributed by atoms with Crippen LogP contribution in [0.5, 0.6) is 0 Å². The van der Waals surface area contributed by atoms with Gasteiger partial charge in [0, 0.05) is 6.54 Å². The monoisotopic (exact) mass is 337 g/mol. The fourth-order valence-electron chi connectivity index (χ4n) is 1.53. The van der Waals surface area contributed by atoms with Crippen molar-refractivity contribution in [3.8, 4) is 0 Å². The van der Waals surface area contributed by atoms with Crippen molar-refractivity contribution >= 4 is 37.6 Å². The van der Waals surface area contributed by atoms with Gasteiger partial charge in [0.15, 0.2) is 0 Å². The molecule has 1 aliphatic rings. The van der Waals surface area contributed by atoms with Crippen molar-refractivity contribution in [2.24, 2.45) is 4.99 Å². The Morgan fingerprint density at radius 2 is 1.80 bits per heavy atom. The molecular formula is C10H7Br2F2N. The Morgan fingerprint density at radius 1 is 1.20 bits per heavy atom. The second-order valence-electron chi connectivity index (χ2n) is 3.28. The standard InChI is InChI=1S/C10H7Br2F2N/c11-10(12)4-5-15-9(10)8-6(13)2-1-3-7(8)14/h1-3H,4-5H2. The quantitative estimate of drug-likeness (QED) is 0.693. The predicted molar refractivity (Wildman–Crippen MR) is 63.0 cm³/mol. The van der Waals surface area contributed by atoms with Gasteiger partial charge in [-0.05, 0) is 18.6 Å². The lowest BCUT2D eigenvalue weighted by molar-refractivity contribution is 0.578. The highest BCUT2D eigenvalue weighted by atomic mass is 79.9. The van der Waals surface area contributed by atoms with Crippen molar-refractivity contribution in [3.63, 3.8) is 0 Å². The smallest absolute Gasteiger partial charge is 0.135 e. The maximum atomic E-state index is 13.5. The average Bonchev–Trinajstić information content (AvgIpc) is 2.46. The summed E-state index contributed by atoms with van der Waals surface area (Å²) >= 11 is 6.73. The topological polar surface area (TPSA) is 12.4 Å². The largest absolute Gasteiger partial charge is 0.286 e. The Balaban J connectivity index is 2.55. The van der Waals surface area contributed by atoms with E-state index in [2.05, 4.69) is 36.9 Å². The van der Waals surface area contributed by atoms with E-state index in [4.69, 9.17) is 0 Å². The summed E-state index contributed by atoms with van der Waals surface area (Å²) in [5.41, 5.74) is 0.335. The van der Waals surface area contributed by atoms with Gasteiger partial charge in [-0.1, -0.05) is 37.9 Å². The van der Waals surface area contributed by atoms with Crippen molar-refractivity contribution in [1.82, 2.24) is 0 Å². The molecule has 0 fully saturated rings. The van der Waals surface area contributed by atoms with Gasteiger partial charge in [0.1, 0.15) is 14.9 Å². The molecule has 2 rings (SSSR count). The Kier molecular flexibility index (Phi) is 2.94. The highest BCUT2D eigenvalue weighted by Crippen LogP contribution is 2.39. The fourth-order valence-corrected chi connectivity index (χ4v) is 2.53. The summed E-state index contributed by atoms with van der Waals surface area (Å²) in [6, 6.07) is 3.80. The molecule has 80 valence electrons. The van der Waals surface area contributed by atoms with Crippen LogP contribution in [0.2, 0.25) is 0 Å². The molecule has 1 aromatic rings. The van der Waals surface area contributed by atoms with Gasteiger partial charge in [-0.25, -0.2) is 8.78 Å². The second kappa shape index (κ2) is 3.94. The molecule has 0 unspecified atom stereocenters. The van der Waals surface area contributed by atoms with E-state index in [-0.39, 0.29) is 5.56 Å². The number of aliphatic imine (C=N–C) groups is 1. The zero-order chi connectivity index (χ0) is 11.1. The van der Waals surface area contributed by atoms with Crippen LogP contribution < -0.4 is 0 Å². The Bertz CT molecular complexity index is 409. The molecule has 5 heteroatoms. The van der Waals surface area contributed by atoms with E-state index in [0.29, 0.717) is 18.7 Å². The molecule has 1 heterocycles. The third kappa shape index (κ3) is 1.99. The van der Waals surface area contributed by atoms with Crippen LogP contribution in [0.25, 0.3) is 0 Å². The highest BCUT2D eigenvalue weighted by Gasteiger charge is 2.37. The lowest BCUT2D eigenvalue weighted by Gasteiger charge is -2.16. The molecule has 1 aromatic carbocycles. The van der Waals surface area contributed by atoms with Crippen molar-refractivity contribution < 1.29 is 8.78 Å². The van der Waals surface area contributed by atoms with E-state index < -0.39 is 14.9 Å². The van der Waals surface area contributed by atoms with Gasteiger partial charge in [0.2, 0.25) is 0 Å². The van der Waals surface area contributed by atoms with Crippen LogP contribution in [0.1, 0.15) is 12.0 Å². The van der Waals surface area contributed by atoms with Crippen LogP contribution in [0.3, 0.4) is 0 Å². The van der Waals surface area contributed by atoms with Gasteiger partial charge in [-0.2, -0.15) is 0 Å². The number of hydrogen-bond acceptors (Lipinski definition) is 1. The molecule has 0 saturated heterocycles. The van der Waals surface area contributed by atoms with Gasteiger partial charge >= 0.3 is 0 Å². The number of nitrogens with zero attached hydrogens (tertiary/aromatic N) is 1. The molecule has 0 amide bonds. The number of benzene rings is 1. The van der Waals surface area contributed by atoms with Crippen molar-refractivity contribution in [1.29, 1.82) is 0 Å². The first-order valence-corrected chi connectivity index (χ1v) is 5.98. The van der Waals surface area contributed by atoms with Crippen molar-refractivity contribution in [2.45, 2.75) is 9.65 Å². The average molecular weight is 339 g/mol. The normalized spacial score (nSPS) is 19.1. The molecule has 1 aliphatic heterocycles. The number of halogens is 4. The van der Waals surface area contributed by atoms with Crippen LogP contribution in [-0.4, -0.2) is 15.5 Å². The summed E-state index contributed by atoms with van der Waals surface area (Å²) in [6.07, 6.45) is 0.677. The first-order chi connectivity index (χ1) is 7.02. The van der Waals surface area contributed by atoms with Crippen molar-refractivity contribution in [3.05, 3.63) is 35.4 Å². The molecule has 0 N–H and O–H groups in total. The Morgan fingerprint density at radius 3 is 2.27 bits per heavy atom. The molecular weight excluding hydrogens is 332 g/mol. The van der Waals surface area contributed by atoms with E-state index in [1.54, 1.807) is 0 Å². The third-order valence-corrected chi connectivity index (χ3v) is 3.79. The fraction of sp³-hybridized carbons (Fsp3) is 0.300. The lowest BCUT2D eigenvalue weighted by atomic mass is 10.1. The van der Waals surface area contributed by atoms with Crippen LogP contribution in [0.15, 0.2) is 23.2 Å². The molecule has 0 aliphatic carbocycles. The highest BCUT2D eigenvalue weighted by molar-refractivity contribution is 9.26. The van der Waals surface area contributed by atoms with Crippen LogP contribution in [-0.2, 0) is 0 Å². The maximum Gasteiger partial charge on any atom is 0.135 e. The van der Waals surface area contributed by atoms with Crippen LogP contribution >= 0.6 is 31.9 Å². The van der Waals surface area contributed by atoms with E-state index in [1.165, 1.54) is 18.2 Å². The maximum absolute atomic E-state index is 13.5. The van der Waals surface area contributed by atoms with Crippen LogP contribution in [0, 0.1) is 11.6 Å². The summed E-state index contributed by atoms with van der Waals surface area (Å²) < 4.78 is 26.4. The summed E-state index contributed by atoms with van der Waals surface area (Å²) in [5, 5.41) is 0. The zero-order valence-electron chi connectivity index (χ0n) is 7.61. The lowest BCUT2D eigenvalue weighted by Crippen LogP contribution is -2.23. The SMILES string of the molecule is Fc1cccc(F)c1C1=NCCC1(Br)Br. The number of alkyl halides is 2. The van der Waals surface area contributed by atoms with Gasteiger partial charge in [-0.3, -0.25) is 4.99 Å². The van der Waals surface area contributed by atoms with E-state index >= 15 is 0 Å². The van der Waals surface area contributed by atoms with Gasteiger partial charge < -0.3 is 0 Å². The molecule has 1 nitrogen and oxygen atoms in total.